The van der Waals surface area contributed by atoms with E-state index in [4.69, 9.17) is 4.74 Å². The smallest absolute Gasteiger partial charge is 0.258 e. The molecule has 11 heteroatoms. The van der Waals surface area contributed by atoms with E-state index in [1.165, 1.54) is 6.26 Å². The van der Waals surface area contributed by atoms with Crippen molar-refractivity contribution in [2.24, 2.45) is 7.05 Å². The Morgan fingerprint density at radius 1 is 1.02 bits per heavy atom. The molecule has 1 aromatic heterocycles. The maximum absolute atomic E-state index is 13.6. The normalized spacial score (nSPS) is 17.1. The van der Waals surface area contributed by atoms with E-state index in [9.17, 15) is 18.0 Å². The molecule has 0 bridgehead atoms. The quantitative estimate of drug-likeness (QED) is 0.314. The second-order valence-corrected chi connectivity index (χ2v) is 14.8. The number of para-hydroxylation sites is 1. The molecule has 5 rings (SSSR count). The van der Waals surface area contributed by atoms with Gasteiger partial charge < -0.3 is 20.3 Å². The predicted octanol–water partition coefficient (Wildman–Crippen LogP) is 2.53. The Kier molecular flexibility index (Phi) is 9.62. The standard InChI is InChI=1S/C34H43N5O5S/c1-33(2,36-31(40)27-13-10-18-37(3)21-27)32(41)35-28(24-44-23-26-11-6-5-7-12-26)22-38-19-16-34(17-20-38)25-39(45(4,42)43)30-15-9-8-14-29(30)34/h5-15,18,21,28H,16-17,19-20,22-25H2,1-4H3,(H-,35,36,40,41)/p+1/t28-/m0/s1. The van der Waals surface area contributed by atoms with Crippen LogP contribution in [0.15, 0.2) is 79.1 Å². The second kappa shape index (κ2) is 13.3. The number of aryl methyl sites for hydroxylation is 1. The number of fused-ring (bicyclic) bond motifs is 2. The van der Waals surface area contributed by atoms with Gasteiger partial charge >= 0.3 is 0 Å². The molecule has 1 atom stereocenters. The number of pyridine rings is 1. The van der Waals surface area contributed by atoms with Crippen molar-refractivity contribution in [1.82, 2.24) is 15.5 Å². The van der Waals surface area contributed by atoms with Gasteiger partial charge in [0, 0.05) is 24.6 Å². The van der Waals surface area contributed by atoms with E-state index in [1.54, 1.807) is 41.0 Å². The molecule has 2 N–H and O–H groups in total. The van der Waals surface area contributed by atoms with Gasteiger partial charge in [0.25, 0.3) is 5.91 Å². The predicted molar refractivity (Wildman–Crippen MR) is 173 cm³/mol. The minimum Gasteiger partial charge on any atom is -0.375 e. The number of sulfonamides is 1. The highest BCUT2D eigenvalue weighted by Gasteiger charge is 2.47. The molecule has 2 aliphatic heterocycles. The number of hydrogen-bond donors (Lipinski definition) is 2. The summed E-state index contributed by atoms with van der Waals surface area (Å²) in [5.41, 5.74) is 1.98. The van der Waals surface area contributed by atoms with Crippen molar-refractivity contribution in [2.45, 2.75) is 50.3 Å². The van der Waals surface area contributed by atoms with Crippen molar-refractivity contribution < 1.29 is 27.3 Å². The second-order valence-electron chi connectivity index (χ2n) is 12.9. The average molecular weight is 635 g/mol. The first kappa shape index (κ1) is 32.6. The highest BCUT2D eigenvalue weighted by Crippen LogP contribution is 2.47. The number of ether oxygens (including phenoxy) is 1. The number of hydrogen-bond acceptors (Lipinski definition) is 6. The van der Waals surface area contributed by atoms with Gasteiger partial charge in [0.05, 0.1) is 31.2 Å². The van der Waals surface area contributed by atoms with E-state index < -0.39 is 15.6 Å². The fraction of sp³-hybridized carbons (Fsp3) is 0.441. The molecule has 3 aromatic rings. The van der Waals surface area contributed by atoms with Gasteiger partial charge in [-0.3, -0.25) is 13.9 Å². The van der Waals surface area contributed by atoms with E-state index in [0.717, 1.165) is 42.7 Å². The molecule has 10 nitrogen and oxygen atoms in total. The highest BCUT2D eigenvalue weighted by molar-refractivity contribution is 7.92. The summed E-state index contributed by atoms with van der Waals surface area (Å²) < 4.78 is 34.6. The summed E-state index contributed by atoms with van der Waals surface area (Å²) in [7, 11) is -1.55. The monoisotopic (exact) mass is 634 g/mol. The van der Waals surface area contributed by atoms with Crippen LogP contribution in [0.4, 0.5) is 5.69 Å². The molecule has 0 radical (unpaired) electrons. The van der Waals surface area contributed by atoms with Gasteiger partial charge in [0.2, 0.25) is 15.9 Å². The Morgan fingerprint density at radius 2 is 1.71 bits per heavy atom. The van der Waals surface area contributed by atoms with E-state index in [2.05, 4.69) is 21.6 Å². The Labute approximate surface area is 266 Å². The maximum atomic E-state index is 13.6. The number of amides is 2. The molecule has 3 heterocycles. The fourth-order valence-corrected chi connectivity index (χ4v) is 7.32. The Bertz CT molecular complexity index is 1620. The van der Waals surface area contributed by atoms with Crippen LogP contribution in [-0.2, 0) is 38.6 Å². The van der Waals surface area contributed by atoms with Crippen LogP contribution in [0.1, 0.15) is 48.2 Å². The minimum absolute atomic E-state index is 0.237. The summed E-state index contributed by atoms with van der Waals surface area (Å²) in [6.45, 7) is 6.62. The van der Waals surface area contributed by atoms with Gasteiger partial charge in [-0.25, -0.2) is 13.0 Å². The van der Waals surface area contributed by atoms with Gasteiger partial charge in [0.15, 0.2) is 12.4 Å². The number of anilines is 1. The number of rotatable bonds is 11. The molecule has 2 amide bonds. The lowest BCUT2D eigenvalue weighted by atomic mass is 9.74. The first-order chi connectivity index (χ1) is 21.4. The lowest BCUT2D eigenvalue weighted by Gasteiger charge is -2.41. The summed E-state index contributed by atoms with van der Waals surface area (Å²) in [6.07, 6.45) is 6.43. The van der Waals surface area contributed by atoms with Gasteiger partial charge in [-0.15, -0.1) is 0 Å². The van der Waals surface area contributed by atoms with E-state index in [0.29, 0.717) is 31.9 Å². The number of piperidine rings is 1. The average Bonchev–Trinajstić information content (AvgIpc) is 3.33. The third kappa shape index (κ3) is 7.71. The summed E-state index contributed by atoms with van der Waals surface area (Å²) >= 11 is 0. The molecule has 1 spiro atoms. The summed E-state index contributed by atoms with van der Waals surface area (Å²) in [4.78, 5) is 28.9. The largest absolute Gasteiger partial charge is 0.375 e. The number of nitrogens with zero attached hydrogens (tertiary/aromatic N) is 3. The molecule has 1 saturated heterocycles. The number of likely N-dealkylation sites (tertiary alicyclic amines) is 1. The number of benzene rings is 2. The highest BCUT2D eigenvalue weighted by atomic mass is 32.2. The lowest BCUT2D eigenvalue weighted by Crippen LogP contribution is -2.59. The molecular formula is C34H44N5O5S+. The van der Waals surface area contributed by atoms with Crippen LogP contribution < -0.4 is 19.5 Å². The molecule has 0 saturated carbocycles. The zero-order valence-corrected chi connectivity index (χ0v) is 27.3. The fourth-order valence-electron chi connectivity index (χ4n) is 6.32. The lowest BCUT2D eigenvalue weighted by molar-refractivity contribution is -0.671. The molecule has 0 unspecified atom stereocenters. The molecule has 2 aromatic carbocycles. The first-order valence-electron chi connectivity index (χ1n) is 15.4. The van der Waals surface area contributed by atoms with Crippen molar-refractivity contribution in [2.75, 3.05) is 43.3 Å². The Balaban J connectivity index is 1.25. The molecule has 2 aliphatic rings. The Hall–Kier alpha value is -3.80. The van der Waals surface area contributed by atoms with Crippen molar-refractivity contribution in [1.29, 1.82) is 0 Å². The molecule has 240 valence electrons. The molecular weight excluding hydrogens is 590 g/mol. The molecule has 0 aliphatic carbocycles. The number of aromatic nitrogens is 1. The van der Waals surface area contributed by atoms with E-state index in [-0.39, 0.29) is 23.3 Å². The van der Waals surface area contributed by atoms with Crippen LogP contribution >= 0.6 is 0 Å². The van der Waals surface area contributed by atoms with Gasteiger partial charge in [0.1, 0.15) is 18.2 Å². The topological polar surface area (TPSA) is 112 Å². The summed E-state index contributed by atoms with van der Waals surface area (Å²) in [5, 5.41) is 6.03. The third-order valence-electron chi connectivity index (χ3n) is 8.84. The SMILES string of the molecule is C[n+]1cccc(C(=O)NC(C)(C)C(=O)N[C@H](COCc2ccccc2)CN2CCC3(CC2)CN(S(C)(=O)=O)c2ccccc23)c1. The summed E-state index contributed by atoms with van der Waals surface area (Å²) in [6, 6.07) is 20.9. The van der Waals surface area contributed by atoms with Gasteiger partial charge in [-0.05, 0) is 63.0 Å². The first-order valence-corrected chi connectivity index (χ1v) is 17.2. The zero-order chi connectivity index (χ0) is 32.2. The van der Waals surface area contributed by atoms with Crippen molar-refractivity contribution >= 4 is 27.5 Å². The van der Waals surface area contributed by atoms with Crippen molar-refractivity contribution in [3.8, 4) is 0 Å². The zero-order valence-electron chi connectivity index (χ0n) is 26.5. The molecule has 45 heavy (non-hydrogen) atoms. The van der Waals surface area contributed by atoms with Crippen LogP contribution in [0.2, 0.25) is 0 Å². The van der Waals surface area contributed by atoms with Crippen LogP contribution in [-0.4, -0.2) is 75.8 Å². The van der Waals surface area contributed by atoms with E-state index >= 15 is 0 Å². The van der Waals surface area contributed by atoms with Crippen molar-refractivity contribution in [3.63, 3.8) is 0 Å². The number of carbonyl (C=O) groups is 2. The maximum Gasteiger partial charge on any atom is 0.258 e. The van der Waals surface area contributed by atoms with Crippen molar-refractivity contribution in [3.05, 3.63) is 95.8 Å². The van der Waals surface area contributed by atoms with E-state index in [1.807, 2.05) is 61.8 Å². The van der Waals surface area contributed by atoms with Crippen LogP contribution in [0, 0.1) is 0 Å². The van der Waals surface area contributed by atoms with Crippen LogP contribution in [0.25, 0.3) is 0 Å². The number of nitrogens with one attached hydrogen (secondary N) is 2. The van der Waals surface area contributed by atoms with Gasteiger partial charge in [-0.1, -0.05) is 48.5 Å². The third-order valence-corrected chi connectivity index (χ3v) is 9.97. The van der Waals surface area contributed by atoms with Gasteiger partial charge in [-0.2, -0.15) is 0 Å². The number of carbonyl (C=O) groups excluding carboxylic acids is 2. The Morgan fingerprint density at radius 3 is 2.40 bits per heavy atom. The summed E-state index contributed by atoms with van der Waals surface area (Å²) in [5.74, 6) is -0.629. The molecule has 1 fully saturated rings. The van der Waals surface area contributed by atoms with Crippen LogP contribution in [0.5, 0.6) is 0 Å². The van der Waals surface area contributed by atoms with Crippen LogP contribution in [0.3, 0.4) is 0 Å². The minimum atomic E-state index is -3.39.